The third-order valence-electron chi connectivity index (χ3n) is 6.88. The van der Waals surface area contributed by atoms with Crippen LogP contribution in [0.3, 0.4) is 0 Å². The summed E-state index contributed by atoms with van der Waals surface area (Å²) in [7, 11) is 0. The van der Waals surface area contributed by atoms with Gasteiger partial charge in [0.15, 0.2) is 0 Å². The first-order valence-corrected chi connectivity index (χ1v) is 13.6. The smallest absolute Gasteiger partial charge is 0.308 e. The lowest BCUT2D eigenvalue weighted by Crippen LogP contribution is -2.38. The summed E-state index contributed by atoms with van der Waals surface area (Å²) in [6.07, 6.45) is 7.51. The number of aliphatic hydroxyl groups is 1. The standard InChI is InChI=1S/C32H40FNO4/c1-5-8-9-10-12-23-17-21(4)13-16-25(23)24-18-26(22-14-15-22)31(33)27(19-24)28(20-30(36)38-7-3)34-32(37)29(35)11-6-2/h5-6,13,16-19,22,28-29,35H,1-2,7-12,14-15,20H2,3-4H3,(H,34,37)/t28-,29+/m0/s1. The molecule has 0 aliphatic heterocycles. The van der Waals surface area contributed by atoms with Gasteiger partial charge in [0.2, 0.25) is 5.91 Å². The Labute approximate surface area is 225 Å². The molecule has 5 nitrogen and oxygen atoms in total. The van der Waals surface area contributed by atoms with Crippen molar-refractivity contribution in [3.8, 4) is 11.1 Å². The van der Waals surface area contributed by atoms with Crippen LogP contribution in [0.4, 0.5) is 4.39 Å². The number of aliphatic hydroxyl groups excluding tert-OH is 1. The van der Waals surface area contributed by atoms with Gasteiger partial charge in [0.1, 0.15) is 11.9 Å². The highest BCUT2D eigenvalue weighted by Gasteiger charge is 2.32. The first kappa shape index (κ1) is 29.3. The number of halogens is 1. The van der Waals surface area contributed by atoms with E-state index in [1.807, 2.05) is 18.2 Å². The topological polar surface area (TPSA) is 75.6 Å². The molecule has 0 spiro atoms. The van der Waals surface area contributed by atoms with Crippen LogP contribution in [0.15, 0.2) is 55.6 Å². The molecule has 0 aromatic heterocycles. The van der Waals surface area contributed by atoms with Crippen molar-refractivity contribution in [2.24, 2.45) is 0 Å². The van der Waals surface area contributed by atoms with Gasteiger partial charge in [0.05, 0.1) is 19.1 Å². The molecule has 1 aliphatic carbocycles. The number of amides is 1. The van der Waals surface area contributed by atoms with Gasteiger partial charge in [-0.15, -0.1) is 13.2 Å². The molecule has 2 aromatic carbocycles. The Hall–Kier alpha value is -3.25. The Kier molecular flexibility index (Phi) is 10.8. The van der Waals surface area contributed by atoms with Gasteiger partial charge >= 0.3 is 5.97 Å². The maximum Gasteiger partial charge on any atom is 0.308 e. The molecule has 0 radical (unpaired) electrons. The van der Waals surface area contributed by atoms with E-state index in [1.54, 1.807) is 13.0 Å². The third-order valence-corrected chi connectivity index (χ3v) is 6.88. The number of esters is 1. The van der Waals surface area contributed by atoms with E-state index in [0.29, 0.717) is 5.56 Å². The number of ether oxygens (including phenoxy) is 1. The zero-order valence-corrected chi connectivity index (χ0v) is 22.6. The number of allylic oxidation sites excluding steroid dienone is 1. The molecule has 204 valence electrons. The van der Waals surface area contributed by atoms with Crippen molar-refractivity contribution in [2.45, 2.75) is 83.3 Å². The first-order valence-electron chi connectivity index (χ1n) is 13.6. The van der Waals surface area contributed by atoms with E-state index in [-0.39, 0.29) is 30.9 Å². The van der Waals surface area contributed by atoms with Gasteiger partial charge in [0, 0.05) is 12.0 Å². The number of benzene rings is 2. The van der Waals surface area contributed by atoms with E-state index in [4.69, 9.17) is 4.74 Å². The number of aryl methyl sites for hydroxylation is 2. The summed E-state index contributed by atoms with van der Waals surface area (Å²) in [5, 5.41) is 12.9. The molecule has 0 heterocycles. The number of unbranched alkanes of at least 4 members (excludes halogenated alkanes) is 2. The van der Waals surface area contributed by atoms with Crippen molar-refractivity contribution in [1.29, 1.82) is 0 Å². The average molecular weight is 522 g/mol. The van der Waals surface area contributed by atoms with Crippen LogP contribution in [0, 0.1) is 12.7 Å². The largest absolute Gasteiger partial charge is 0.466 e. The second kappa shape index (κ2) is 14.1. The summed E-state index contributed by atoms with van der Waals surface area (Å²) in [5.41, 5.74) is 5.05. The van der Waals surface area contributed by atoms with E-state index in [0.717, 1.165) is 55.2 Å². The van der Waals surface area contributed by atoms with E-state index >= 15 is 4.39 Å². The molecule has 1 amide bonds. The molecular weight excluding hydrogens is 481 g/mol. The molecule has 2 atom stereocenters. The number of hydrogen-bond donors (Lipinski definition) is 2. The van der Waals surface area contributed by atoms with Crippen molar-refractivity contribution < 1.29 is 23.8 Å². The highest BCUT2D eigenvalue weighted by atomic mass is 19.1. The molecule has 1 fully saturated rings. The molecule has 38 heavy (non-hydrogen) atoms. The summed E-state index contributed by atoms with van der Waals surface area (Å²) in [6, 6.07) is 8.96. The Morgan fingerprint density at radius 2 is 1.95 bits per heavy atom. The zero-order valence-electron chi connectivity index (χ0n) is 22.6. The van der Waals surface area contributed by atoms with Crippen LogP contribution < -0.4 is 5.32 Å². The normalized spacial score (nSPS) is 14.4. The van der Waals surface area contributed by atoms with Crippen molar-refractivity contribution in [3.63, 3.8) is 0 Å². The average Bonchev–Trinajstić information content (AvgIpc) is 3.72. The molecular formula is C32H40FNO4. The van der Waals surface area contributed by atoms with Gasteiger partial charge in [0.25, 0.3) is 0 Å². The fourth-order valence-electron chi connectivity index (χ4n) is 4.74. The Morgan fingerprint density at radius 1 is 1.18 bits per heavy atom. The van der Waals surface area contributed by atoms with E-state index in [2.05, 4.69) is 37.5 Å². The first-order chi connectivity index (χ1) is 18.3. The highest BCUT2D eigenvalue weighted by molar-refractivity contribution is 5.82. The highest BCUT2D eigenvalue weighted by Crippen LogP contribution is 2.45. The lowest BCUT2D eigenvalue weighted by Gasteiger charge is -2.23. The second-order valence-corrected chi connectivity index (χ2v) is 10.0. The van der Waals surface area contributed by atoms with Crippen LogP contribution in [0.5, 0.6) is 0 Å². The molecule has 0 bridgehead atoms. The number of nitrogens with one attached hydrogen (secondary N) is 1. The van der Waals surface area contributed by atoms with Gasteiger partial charge in [-0.1, -0.05) is 35.9 Å². The summed E-state index contributed by atoms with van der Waals surface area (Å²) in [6.45, 7) is 11.3. The molecule has 1 aliphatic rings. The van der Waals surface area contributed by atoms with Gasteiger partial charge in [-0.05, 0) is 92.7 Å². The molecule has 3 rings (SSSR count). The van der Waals surface area contributed by atoms with Gasteiger partial charge < -0.3 is 15.2 Å². The minimum atomic E-state index is -1.34. The number of carbonyl (C=O) groups excluding carboxylic acids is 2. The van der Waals surface area contributed by atoms with Gasteiger partial charge in [-0.25, -0.2) is 4.39 Å². The van der Waals surface area contributed by atoms with Crippen LogP contribution >= 0.6 is 0 Å². The summed E-state index contributed by atoms with van der Waals surface area (Å²) >= 11 is 0. The number of rotatable bonds is 15. The summed E-state index contributed by atoms with van der Waals surface area (Å²) < 4.78 is 21.1. The number of hydrogen-bond acceptors (Lipinski definition) is 4. The van der Waals surface area contributed by atoms with Crippen LogP contribution in [0.1, 0.15) is 86.1 Å². The quantitative estimate of drug-likeness (QED) is 0.157. The SMILES string of the molecule is C=CCCCCc1cc(C)ccc1-c1cc(C2CC2)c(F)c([C@H](CC(=O)OCC)NC(=O)[C@H](O)CC=C)c1. The molecule has 2 N–H and O–H groups in total. The van der Waals surface area contributed by atoms with Crippen LogP contribution in [-0.4, -0.2) is 29.7 Å². The summed E-state index contributed by atoms with van der Waals surface area (Å²) in [4.78, 5) is 25.2. The molecule has 2 aromatic rings. The Morgan fingerprint density at radius 3 is 2.61 bits per heavy atom. The maximum atomic E-state index is 16.0. The second-order valence-electron chi connectivity index (χ2n) is 10.0. The molecule has 6 heteroatoms. The van der Waals surface area contributed by atoms with Crippen molar-refractivity contribution >= 4 is 11.9 Å². The van der Waals surface area contributed by atoms with Crippen molar-refractivity contribution in [1.82, 2.24) is 5.32 Å². The maximum absolute atomic E-state index is 16.0. The van der Waals surface area contributed by atoms with Crippen molar-refractivity contribution in [3.05, 3.63) is 83.7 Å². The molecule has 0 unspecified atom stereocenters. The van der Waals surface area contributed by atoms with Crippen LogP contribution in [0.2, 0.25) is 0 Å². The predicted molar refractivity (Wildman–Crippen MR) is 149 cm³/mol. The fourth-order valence-corrected chi connectivity index (χ4v) is 4.74. The Bertz CT molecular complexity index is 1150. The van der Waals surface area contributed by atoms with Crippen LogP contribution in [-0.2, 0) is 20.7 Å². The Balaban J connectivity index is 2.07. The zero-order chi connectivity index (χ0) is 27.7. The lowest BCUT2D eigenvalue weighted by molar-refractivity contribution is -0.144. The van der Waals surface area contributed by atoms with E-state index < -0.39 is 29.8 Å². The number of carbonyl (C=O) groups is 2. The summed E-state index contributed by atoms with van der Waals surface area (Å²) in [5.74, 6) is -1.54. The van der Waals surface area contributed by atoms with Crippen LogP contribution in [0.25, 0.3) is 11.1 Å². The molecule has 1 saturated carbocycles. The van der Waals surface area contributed by atoms with Gasteiger partial charge in [-0.2, -0.15) is 0 Å². The minimum absolute atomic E-state index is 0.0480. The predicted octanol–water partition coefficient (Wildman–Crippen LogP) is 6.62. The van der Waals surface area contributed by atoms with Gasteiger partial charge in [-0.3, -0.25) is 9.59 Å². The molecule has 0 saturated heterocycles. The third kappa shape index (κ3) is 7.87. The lowest BCUT2D eigenvalue weighted by atomic mass is 9.89. The minimum Gasteiger partial charge on any atom is -0.466 e. The van der Waals surface area contributed by atoms with Crippen molar-refractivity contribution in [2.75, 3.05) is 6.61 Å². The van der Waals surface area contributed by atoms with E-state index in [9.17, 15) is 14.7 Å². The van der Waals surface area contributed by atoms with E-state index in [1.165, 1.54) is 11.6 Å². The fraction of sp³-hybridized carbons (Fsp3) is 0.438. The monoisotopic (exact) mass is 521 g/mol.